The van der Waals surface area contributed by atoms with Crippen molar-refractivity contribution in [2.75, 3.05) is 6.54 Å². The Hall–Kier alpha value is -3.32. The first-order valence-corrected chi connectivity index (χ1v) is 8.50. The molecule has 0 fully saturated rings. The summed E-state index contributed by atoms with van der Waals surface area (Å²) in [6.07, 6.45) is 0. The zero-order chi connectivity index (χ0) is 18.7. The molecule has 0 atom stereocenters. The summed E-state index contributed by atoms with van der Waals surface area (Å²) in [4.78, 5) is 12.8. The minimum absolute atomic E-state index is 0.149. The van der Waals surface area contributed by atoms with Crippen LogP contribution in [-0.4, -0.2) is 12.5 Å². The van der Waals surface area contributed by atoms with Crippen LogP contribution in [0.2, 0.25) is 0 Å². The Bertz CT molecular complexity index is 1000. The summed E-state index contributed by atoms with van der Waals surface area (Å²) in [5.74, 6) is 0.738. The monoisotopic (exact) mass is 344 g/mol. The molecule has 0 bridgehead atoms. The van der Waals surface area contributed by atoms with Crippen molar-refractivity contribution < 1.29 is 9.21 Å². The molecular formula is C22H20N2O2. The third kappa shape index (κ3) is 3.38. The number of furan rings is 1. The fourth-order valence-corrected chi connectivity index (χ4v) is 2.75. The predicted octanol–water partition coefficient (Wildman–Crippen LogP) is 5.02. The maximum atomic E-state index is 12.8. The van der Waals surface area contributed by atoms with E-state index < -0.39 is 0 Å². The zero-order valence-corrected chi connectivity index (χ0v) is 14.9. The van der Waals surface area contributed by atoms with Crippen molar-refractivity contribution in [1.82, 2.24) is 5.32 Å². The van der Waals surface area contributed by atoms with Crippen LogP contribution in [0.5, 0.6) is 0 Å². The van der Waals surface area contributed by atoms with Gasteiger partial charge in [0.25, 0.3) is 5.91 Å². The molecule has 3 aromatic rings. The van der Waals surface area contributed by atoms with Crippen LogP contribution in [0.4, 0.5) is 0 Å². The van der Waals surface area contributed by atoms with Crippen molar-refractivity contribution in [3.8, 4) is 17.4 Å². The molecule has 1 N–H and O–H groups in total. The van der Waals surface area contributed by atoms with Crippen molar-refractivity contribution in [1.29, 1.82) is 5.26 Å². The zero-order valence-electron chi connectivity index (χ0n) is 14.9. The lowest BCUT2D eigenvalue weighted by Crippen LogP contribution is -2.27. The molecule has 0 unspecified atom stereocenters. The second-order valence-electron chi connectivity index (χ2n) is 6.57. The number of carbonyl (C=O) groups excluding carboxylic acids is 1. The Morgan fingerprint density at radius 2 is 1.88 bits per heavy atom. The van der Waals surface area contributed by atoms with Crippen molar-refractivity contribution >= 4 is 22.4 Å². The number of nitrogens with zero attached hydrogens (tertiary/aromatic N) is 1. The number of rotatable bonds is 5. The van der Waals surface area contributed by atoms with Gasteiger partial charge in [-0.15, -0.1) is 0 Å². The predicted molar refractivity (Wildman–Crippen MR) is 103 cm³/mol. The lowest BCUT2D eigenvalue weighted by atomic mass is 10.0. The fraction of sp³-hybridized carbons (Fsp3) is 0.182. The molecule has 4 nitrogen and oxygen atoms in total. The summed E-state index contributed by atoms with van der Waals surface area (Å²) < 4.78 is 5.99. The van der Waals surface area contributed by atoms with Crippen LogP contribution in [0.25, 0.3) is 27.9 Å². The summed E-state index contributed by atoms with van der Waals surface area (Å²) in [6, 6.07) is 16.8. The van der Waals surface area contributed by atoms with Gasteiger partial charge in [0.2, 0.25) is 0 Å². The standard InChI is InChI=1S/C22H20N2O2/c1-14(2)13-24-22(25)20-18-6-4-5-7-19(18)26-21(20)17-10-8-16(9-11-17)15(3)12-23/h4-11,14H,3,13H2,1-2H3,(H,24,25). The molecule has 4 heteroatoms. The first-order chi connectivity index (χ1) is 12.5. The summed E-state index contributed by atoms with van der Waals surface area (Å²) >= 11 is 0. The van der Waals surface area contributed by atoms with Gasteiger partial charge in [0.1, 0.15) is 11.3 Å². The third-order valence-corrected chi connectivity index (χ3v) is 4.12. The number of fused-ring (bicyclic) bond motifs is 1. The highest BCUT2D eigenvalue weighted by Gasteiger charge is 2.22. The number of para-hydroxylation sites is 1. The molecule has 1 aromatic heterocycles. The van der Waals surface area contributed by atoms with E-state index in [0.717, 1.165) is 16.5 Å². The maximum Gasteiger partial charge on any atom is 0.255 e. The van der Waals surface area contributed by atoms with Gasteiger partial charge in [0.15, 0.2) is 0 Å². The summed E-state index contributed by atoms with van der Waals surface area (Å²) in [6.45, 7) is 8.42. The molecule has 2 aromatic carbocycles. The Balaban J connectivity index is 2.08. The largest absolute Gasteiger partial charge is 0.455 e. The SMILES string of the molecule is C=C(C#N)c1ccc(-c2oc3ccccc3c2C(=O)NCC(C)C)cc1. The number of nitriles is 1. The van der Waals surface area contributed by atoms with E-state index in [9.17, 15) is 4.79 Å². The maximum absolute atomic E-state index is 12.8. The number of hydrogen-bond acceptors (Lipinski definition) is 3. The number of nitrogens with one attached hydrogen (secondary N) is 1. The van der Waals surface area contributed by atoms with Crippen LogP contribution in [0, 0.1) is 17.2 Å². The molecule has 0 aliphatic rings. The van der Waals surface area contributed by atoms with Crippen molar-refractivity contribution in [2.24, 2.45) is 5.92 Å². The quantitative estimate of drug-likeness (QED) is 0.661. The van der Waals surface area contributed by atoms with E-state index in [0.29, 0.717) is 34.9 Å². The Morgan fingerprint density at radius 1 is 1.19 bits per heavy atom. The normalized spacial score (nSPS) is 10.7. The molecule has 1 amide bonds. The Kier molecular flexibility index (Phi) is 4.90. The van der Waals surface area contributed by atoms with E-state index in [-0.39, 0.29) is 5.91 Å². The first kappa shape index (κ1) is 17.5. The summed E-state index contributed by atoms with van der Waals surface area (Å²) in [7, 11) is 0. The highest BCUT2D eigenvalue weighted by molar-refractivity contribution is 6.11. The molecule has 0 spiro atoms. The fourth-order valence-electron chi connectivity index (χ4n) is 2.75. The molecule has 0 radical (unpaired) electrons. The molecule has 130 valence electrons. The minimum atomic E-state index is -0.149. The lowest BCUT2D eigenvalue weighted by molar-refractivity contribution is 0.0950. The number of benzene rings is 2. The molecule has 3 rings (SSSR count). The Morgan fingerprint density at radius 3 is 2.54 bits per heavy atom. The molecule has 0 aliphatic carbocycles. The number of hydrogen-bond donors (Lipinski definition) is 1. The van der Waals surface area contributed by atoms with Gasteiger partial charge in [-0.2, -0.15) is 5.26 Å². The van der Waals surface area contributed by atoms with E-state index >= 15 is 0 Å². The van der Waals surface area contributed by atoms with Gasteiger partial charge in [-0.3, -0.25) is 4.79 Å². The van der Waals surface area contributed by atoms with E-state index in [1.165, 1.54) is 0 Å². The first-order valence-electron chi connectivity index (χ1n) is 8.50. The van der Waals surface area contributed by atoms with Gasteiger partial charge >= 0.3 is 0 Å². The van der Waals surface area contributed by atoms with Crippen molar-refractivity contribution in [3.05, 3.63) is 66.2 Å². The molecular weight excluding hydrogens is 324 g/mol. The van der Waals surface area contributed by atoms with E-state index in [4.69, 9.17) is 9.68 Å². The van der Waals surface area contributed by atoms with Gasteiger partial charge in [-0.05, 0) is 17.5 Å². The topological polar surface area (TPSA) is 66.0 Å². The highest BCUT2D eigenvalue weighted by atomic mass is 16.3. The van der Waals surface area contributed by atoms with Gasteiger partial charge in [-0.25, -0.2) is 0 Å². The smallest absolute Gasteiger partial charge is 0.255 e. The minimum Gasteiger partial charge on any atom is -0.455 e. The number of amides is 1. The number of carbonyl (C=O) groups is 1. The van der Waals surface area contributed by atoms with E-state index in [1.54, 1.807) is 0 Å². The van der Waals surface area contributed by atoms with Gasteiger partial charge in [0.05, 0.1) is 17.2 Å². The van der Waals surface area contributed by atoms with Crippen LogP contribution in [-0.2, 0) is 0 Å². The van der Waals surface area contributed by atoms with Crippen LogP contribution >= 0.6 is 0 Å². The van der Waals surface area contributed by atoms with E-state index in [2.05, 4.69) is 25.7 Å². The summed E-state index contributed by atoms with van der Waals surface area (Å²) in [5.41, 5.74) is 3.13. The van der Waals surface area contributed by atoms with Crippen molar-refractivity contribution in [3.63, 3.8) is 0 Å². The second-order valence-corrected chi connectivity index (χ2v) is 6.57. The van der Waals surface area contributed by atoms with Crippen molar-refractivity contribution in [2.45, 2.75) is 13.8 Å². The van der Waals surface area contributed by atoms with Gasteiger partial charge in [-0.1, -0.05) is 62.9 Å². The third-order valence-electron chi connectivity index (χ3n) is 4.12. The lowest BCUT2D eigenvalue weighted by Gasteiger charge is -2.08. The summed E-state index contributed by atoms with van der Waals surface area (Å²) in [5, 5.41) is 12.7. The number of allylic oxidation sites excluding steroid dienone is 1. The average Bonchev–Trinajstić information content (AvgIpc) is 3.05. The second kappa shape index (κ2) is 7.28. The molecule has 0 saturated heterocycles. The van der Waals surface area contributed by atoms with Crippen LogP contribution in [0.1, 0.15) is 29.8 Å². The van der Waals surface area contributed by atoms with Crippen LogP contribution in [0.15, 0.2) is 59.5 Å². The molecule has 26 heavy (non-hydrogen) atoms. The van der Waals surface area contributed by atoms with Crippen LogP contribution < -0.4 is 5.32 Å². The Labute approximate surface area is 152 Å². The molecule has 1 heterocycles. The highest BCUT2D eigenvalue weighted by Crippen LogP contribution is 2.34. The van der Waals surface area contributed by atoms with Gasteiger partial charge in [0, 0.05) is 17.5 Å². The van der Waals surface area contributed by atoms with Crippen LogP contribution in [0.3, 0.4) is 0 Å². The van der Waals surface area contributed by atoms with Gasteiger partial charge < -0.3 is 9.73 Å². The molecule has 0 saturated carbocycles. The average molecular weight is 344 g/mol. The van der Waals surface area contributed by atoms with E-state index in [1.807, 2.05) is 54.6 Å². The molecule has 0 aliphatic heterocycles.